The third kappa shape index (κ3) is 6.29. The SMILES string of the molecule is CN(C(=O)Oc1ccc(F)cc1)[C@@H]1CN(C(=O)C2CCN(c3ccc(Cl)cn3)CC2)C[C@H]1c1ccc(Cl)c(Cl)c1. The molecule has 0 unspecified atom stereocenters. The van der Waals surface area contributed by atoms with Crippen molar-refractivity contribution in [3.8, 4) is 5.75 Å². The molecule has 0 aliphatic carbocycles. The summed E-state index contributed by atoms with van der Waals surface area (Å²) in [6.45, 7) is 2.19. The van der Waals surface area contributed by atoms with Gasteiger partial charge < -0.3 is 19.4 Å². The number of benzene rings is 2. The quantitative estimate of drug-likeness (QED) is 0.331. The van der Waals surface area contributed by atoms with E-state index in [1.807, 2.05) is 23.1 Å². The number of rotatable bonds is 5. The van der Waals surface area contributed by atoms with Gasteiger partial charge in [-0.3, -0.25) is 4.79 Å². The van der Waals surface area contributed by atoms with Crippen LogP contribution in [0.1, 0.15) is 24.3 Å². The van der Waals surface area contributed by atoms with E-state index in [9.17, 15) is 14.0 Å². The highest BCUT2D eigenvalue weighted by Crippen LogP contribution is 2.36. The van der Waals surface area contributed by atoms with Crippen molar-refractivity contribution in [3.63, 3.8) is 0 Å². The van der Waals surface area contributed by atoms with E-state index in [0.29, 0.717) is 54.1 Å². The van der Waals surface area contributed by atoms with Crippen LogP contribution in [0.2, 0.25) is 15.1 Å². The number of likely N-dealkylation sites (tertiary alicyclic amines) is 1. The molecular weight excluding hydrogens is 578 g/mol. The molecule has 0 spiro atoms. The monoisotopic (exact) mass is 604 g/mol. The van der Waals surface area contributed by atoms with Crippen LogP contribution in [0.25, 0.3) is 0 Å². The van der Waals surface area contributed by atoms with E-state index in [1.165, 1.54) is 29.2 Å². The van der Waals surface area contributed by atoms with Gasteiger partial charge in [-0.15, -0.1) is 0 Å². The van der Waals surface area contributed by atoms with Gasteiger partial charge in [-0.25, -0.2) is 14.2 Å². The van der Waals surface area contributed by atoms with E-state index in [1.54, 1.807) is 25.4 Å². The number of aromatic nitrogens is 1. The number of anilines is 1. The highest BCUT2D eigenvalue weighted by Gasteiger charge is 2.42. The molecule has 0 radical (unpaired) electrons. The molecule has 0 bridgehead atoms. The van der Waals surface area contributed by atoms with Gasteiger partial charge in [0.05, 0.1) is 21.1 Å². The summed E-state index contributed by atoms with van der Waals surface area (Å²) in [6, 6.07) is 14.0. The summed E-state index contributed by atoms with van der Waals surface area (Å²) in [5, 5.41) is 1.42. The van der Waals surface area contributed by atoms with Gasteiger partial charge in [-0.05, 0) is 66.9 Å². The predicted molar refractivity (Wildman–Crippen MR) is 154 cm³/mol. The van der Waals surface area contributed by atoms with Crippen LogP contribution in [0.3, 0.4) is 0 Å². The molecule has 7 nitrogen and oxygen atoms in total. The summed E-state index contributed by atoms with van der Waals surface area (Å²) < 4.78 is 18.8. The first-order valence-electron chi connectivity index (χ1n) is 13.0. The van der Waals surface area contributed by atoms with Gasteiger partial charge in [0, 0.05) is 51.3 Å². The van der Waals surface area contributed by atoms with Crippen molar-refractivity contribution in [1.82, 2.24) is 14.8 Å². The van der Waals surface area contributed by atoms with E-state index in [-0.39, 0.29) is 29.5 Å². The van der Waals surface area contributed by atoms with Crippen molar-refractivity contribution in [3.05, 3.63) is 87.2 Å². The molecule has 3 aromatic rings. The summed E-state index contributed by atoms with van der Waals surface area (Å²) in [7, 11) is 1.65. The lowest BCUT2D eigenvalue weighted by atomic mass is 9.93. The lowest BCUT2D eigenvalue weighted by Gasteiger charge is -2.34. The minimum Gasteiger partial charge on any atom is -0.410 e. The molecule has 2 aliphatic heterocycles. The van der Waals surface area contributed by atoms with E-state index in [0.717, 1.165) is 11.4 Å². The van der Waals surface area contributed by atoms with Gasteiger partial charge in [0.25, 0.3) is 0 Å². The lowest BCUT2D eigenvalue weighted by molar-refractivity contribution is -0.135. The average Bonchev–Trinajstić information content (AvgIpc) is 3.41. The number of likely N-dealkylation sites (N-methyl/N-ethyl adjacent to an activating group) is 1. The second-order valence-electron chi connectivity index (χ2n) is 10.1. The van der Waals surface area contributed by atoms with Crippen LogP contribution in [0.15, 0.2) is 60.8 Å². The second kappa shape index (κ2) is 12.2. The molecule has 2 atom stereocenters. The Morgan fingerprint density at radius 2 is 1.70 bits per heavy atom. The van der Waals surface area contributed by atoms with Crippen LogP contribution >= 0.6 is 34.8 Å². The van der Waals surface area contributed by atoms with Crippen molar-refractivity contribution in [2.75, 3.05) is 38.1 Å². The number of halogens is 4. The molecule has 5 rings (SSSR count). The highest BCUT2D eigenvalue weighted by atomic mass is 35.5. The molecule has 1 aromatic heterocycles. The minimum atomic E-state index is -0.597. The zero-order chi connectivity index (χ0) is 28.4. The Labute approximate surface area is 247 Å². The van der Waals surface area contributed by atoms with Gasteiger partial charge in [0.1, 0.15) is 17.4 Å². The standard InChI is InChI=1S/C29H28Cl3FN4O3/c1-35(29(39)40-22-6-4-21(33)5-7-22)26-17-37(16-23(26)19-2-8-24(31)25(32)14-19)28(38)18-10-12-36(13-11-18)27-9-3-20(30)15-34-27/h2-9,14-15,18,23,26H,10-13,16-17H2,1H3/t23-,26+/m0/s1. The number of ether oxygens (including phenoxy) is 1. The van der Waals surface area contributed by atoms with Crippen LogP contribution in [-0.2, 0) is 4.79 Å². The van der Waals surface area contributed by atoms with E-state index < -0.39 is 11.9 Å². The fourth-order valence-electron chi connectivity index (χ4n) is 5.41. The van der Waals surface area contributed by atoms with Crippen LogP contribution < -0.4 is 9.64 Å². The number of pyridine rings is 1. The fourth-order valence-corrected chi connectivity index (χ4v) is 5.83. The number of carbonyl (C=O) groups is 2. The highest BCUT2D eigenvalue weighted by molar-refractivity contribution is 6.42. The number of carbonyl (C=O) groups excluding carboxylic acids is 2. The predicted octanol–water partition coefficient (Wildman–Crippen LogP) is 6.52. The summed E-state index contributed by atoms with van der Waals surface area (Å²) in [6.07, 6.45) is 2.42. The first-order valence-corrected chi connectivity index (χ1v) is 14.1. The Hall–Kier alpha value is -3.07. The zero-order valence-electron chi connectivity index (χ0n) is 21.8. The molecule has 0 N–H and O–H groups in total. The minimum absolute atomic E-state index is 0.0663. The Kier molecular flexibility index (Phi) is 8.68. The third-order valence-electron chi connectivity index (χ3n) is 7.66. The molecule has 210 valence electrons. The Morgan fingerprint density at radius 1 is 0.975 bits per heavy atom. The number of piperidine rings is 1. The number of nitrogens with zero attached hydrogens (tertiary/aromatic N) is 4. The van der Waals surface area contributed by atoms with E-state index >= 15 is 0 Å². The number of hydrogen-bond donors (Lipinski definition) is 0. The van der Waals surface area contributed by atoms with Crippen molar-refractivity contribution < 1.29 is 18.7 Å². The summed E-state index contributed by atoms with van der Waals surface area (Å²) in [4.78, 5) is 36.7. The van der Waals surface area contributed by atoms with Crippen molar-refractivity contribution in [2.45, 2.75) is 24.8 Å². The molecule has 2 saturated heterocycles. The normalized spacial score (nSPS) is 19.5. The summed E-state index contributed by atoms with van der Waals surface area (Å²) in [5.74, 6) is 0.385. The van der Waals surface area contributed by atoms with Crippen LogP contribution in [0, 0.1) is 11.7 Å². The number of hydrogen-bond acceptors (Lipinski definition) is 5. The lowest BCUT2D eigenvalue weighted by Crippen LogP contribution is -2.45. The van der Waals surface area contributed by atoms with Gasteiger partial charge in [0.15, 0.2) is 0 Å². The van der Waals surface area contributed by atoms with E-state index in [4.69, 9.17) is 39.5 Å². The molecule has 2 amide bonds. The van der Waals surface area contributed by atoms with Gasteiger partial charge in [-0.2, -0.15) is 0 Å². The molecule has 2 fully saturated rings. The van der Waals surface area contributed by atoms with Crippen LogP contribution in [0.5, 0.6) is 5.75 Å². The molecule has 2 aliphatic rings. The van der Waals surface area contributed by atoms with Gasteiger partial charge in [-0.1, -0.05) is 40.9 Å². The fraction of sp³-hybridized carbons (Fsp3) is 0.345. The van der Waals surface area contributed by atoms with E-state index in [2.05, 4.69) is 9.88 Å². The molecule has 3 heterocycles. The van der Waals surface area contributed by atoms with Crippen molar-refractivity contribution in [2.24, 2.45) is 5.92 Å². The van der Waals surface area contributed by atoms with Crippen molar-refractivity contribution in [1.29, 1.82) is 0 Å². The van der Waals surface area contributed by atoms with Crippen LogP contribution in [-0.4, -0.2) is 66.1 Å². The number of amides is 2. The smallest absolute Gasteiger partial charge is 0.410 e. The first-order chi connectivity index (χ1) is 19.2. The Bertz CT molecular complexity index is 1370. The molecule has 2 aromatic carbocycles. The van der Waals surface area contributed by atoms with Crippen LogP contribution in [0.4, 0.5) is 15.0 Å². The average molecular weight is 606 g/mol. The van der Waals surface area contributed by atoms with Crippen molar-refractivity contribution >= 4 is 52.6 Å². The molecular formula is C29H28Cl3FN4O3. The maximum absolute atomic E-state index is 13.7. The summed E-state index contributed by atoms with van der Waals surface area (Å²) in [5.41, 5.74) is 0.875. The molecule has 0 saturated carbocycles. The Balaban J connectivity index is 1.30. The Morgan fingerprint density at radius 3 is 2.35 bits per heavy atom. The van der Waals surface area contributed by atoms with Gasteiger partial charge in [0.2, 0.25) is 5.91 Å². The maximum Gasteiger partial charge on any atom is 0.415 e. The summed E-state index contributed by atoms with van der Waals surface area (Å²) >= 11 is 18.5. The molecule has 11 heteroatoms. The molecule has 40 heavy (non-hydrogen) atoms. The third-order valence-corrected chi connectivity index (χ3v) is 8.62. The maximum atomic E-state index is 13.7. The topological polar surface area (TPSA) is 66.0 Å². The zero-order valence-corrected chi connectivity index (χ0v) is 24.0. The largest absolute Gasteiger partial charge is 0.415 e. The second-order valence-corrected chi connectivity index (χ2v) is 11.4. The van der Waals surface area contributed by atoms with Gasteiger partial charge >= 0.3 is 6.09 Å². The first kappa shape index (κ1) is 28.5.